The van der Waals surface area contributed by atoms with Gasteiger partial charge in [-0.25, -0.2) is 0 Å². The molecule has 2 saturated carbocycles. The molecule has 0 aromatic carbocycles. The van der Waals surface area contributed by atoms with E-state index < -0.39 is 11.5 Å². The van der Waals surface area contributed by atoms with Crippen LogP contribution in [0.15, 0.2) is 11.6 Å². The third-order valence-electron chi connectivity index (χ3n) is 7.82. The highest BCUT2D eigenvalue weighted by Gasteiger charge is 2.62. The summed E-state index contributed by atoms with van der Waals surface area (Å²) >= 11 is 0. The molecule has 3 rings (SSSR count). The Labute approximate surface area is 162 Å². The maximum Gasteiger partial charge on any atom is 0.302 e. The number of hydrogen-bond acceptors (Lipinski definition) is 5. The summed E-state index contributed by atoms with van der Waals surface area (Å²) in [6.07, 6.45) is 3.48. The summed E-state index contributed by atoms with van der Waals surface area (Å²) in [5.41, 5.74) is 0.0257. The van der Waals surface area contributed by atoms with Gasteiger partial charge in [-0.05, 0) is 49.0 Å². The number of aliphatic hydroxyl groups is 2. The highest BCUT2D eigenvalue weighted by molar-refractivity contribution is 5.94. The largest absolute Gasteiger partial charge is 0.462 e. The number of carbonyl (C=O) groups is 2. The van der Waals surface area contributed by atoms with Crippen LogP contribution in [-0.4, -0.2) is 40.8 Å². The first-order valence-corrected chi connectivity index (χ1v) is 10.3. The van der Waals surface area contributed by atoms with Gasteiger partial charge in [-0.15, -0.1) is 0 Å². The van der Waals surface area contributed by atoms with E-state index in [1.165, 1.54) is 6.92 Å². The fourth-order valence-corrected chi connectivity index (χ4v) is 6.18. The summed E-state index contributed by atoms with van der Waals surface area (Å²) in [5, 5.41) is 21.1. The van der Waals surface area contributed by atoms with Gasteiger partial charge < -0.3 is 14.9 Å². The van der Waals surface area contributed by atoms with Crippen LogP contribution >= 0.6 is 0 Å². The quantitative estimate of drug-likeness (QED) is 0.738. The average Bonchev–Trinajstić information content (AvgIpc) is 2.59. The molecule has 0 aliphatic heterocycles. The lowest BCUT2D eigenvalue weighted by atomic mass is 9.45. The van der Waals surface area contributed by atoms with Crippen molar-refractivity contribution in [1.82, 2.24) is 0 Å². The Hall–Kier alpha value is -1.20. The fraction of sp³-hybridized carbons (Fsp3) is 0.818. The minimum Gasteiger partial charge on any atom is -0.462 e. The van der Waals surface area contributed by atoms with Crippen LogP contribution in [0.1, 0.15) is 60.3 Å². The number of carbonyl (C=O) groups excluding carboxylic acids is 2. The second-order valence-corrected chi connectivity index (χ2v) is 9.78. The van der Waals surface area contributed by atoms with Crippen molar-refractivity contribution < 1.29 is 24.5 Å². The number of ether oxygens (including phenoxy) is 1. The first kappa shape index (κ1) is 20.5. The van der Waals surface area contributed by atoms with E-state index in [9.17, 15) is 19.8 Å². The monoisotopic (exact) mass is 378 g/mol. The topological polar surface area (TPSA) is 83.8 Å². The summed E-state index contributed by atoms with van der Waals surface area (Å²) in [7, 11) is 0. The highest BCUT2D eigenvalue weighted by Crippen LogP contribution is 2.63. The first-order chi connectivity index (χ1) is 12.5. The number of ketones is 1. The maximum absolute atomic E-state index is 12.9. The van der Waals surface area contributed by atoms with E-state index in [4.69, 9.17) is 4.74 Å². The molecule has 0 radical (unpaired) electrons. The molecule has 0 saturated heterocycles. The molecule has 3 aliphatic carbocycles. The van der Waals surface area contributed by atoms with E-state index >= 15 is 0 Å². The SMILES string of the molecule is CC(=O)OC1CC[C@@](C)(CO)[C@@H]2C[C@H](O)[C@H]3C[C@@H](C(C)C)C(=O)C=C3[C@@]12C. The molecular formula is C22H34O5. The Morgan fingerprint density at radius 2 is 2.00 bits per heavy atom. The maximum atomic E-state index is 12.9. The van der Waals surface area contributed by atoms with Crippen molar-refractivity contribution in [2.75, 3.05) is 6.61 Å². The predicted molar refractivity (Wildman–Crippen MR) is 102 cm³/mol. The van der Waals surface area contributed by atoms with Gasteiger partial charge in [0.15, 0.2) is 5.78 Å². The molecule has 2 fully saturated rings. The van der Waals surface area contributed by atoms with Gasteiger partial charge in [0.2, 0.25) is 0 Å². The summed E-state index contributed by atoms with van der Waals surface area (Å²) in [4.78, 5) is 24.6. The molecule has 152 valence electrons. The Kier molecular flexibility index (Phi) is 5.32. The lowest BCUT2D eigenvalue weighted by molar-refractivity contribution is -0.179. The van der Waals surface area contributed by atoms with Crippen LogP contribution in [0.4, 0.5) is 0 Å². The minimum absolute atomic E-state index is 0.0211. The molecule has 0 spiro atoms. The van der Waals surface area contributed by atoms with Crippen molar-refractivity contribution in [3.63, 3.8) is 0 Å². The van der Waals surface area contributed by atoms with Crippen molar-refractivity contribution in [2.24, 2.45) is 34.5 Å². The van der Waals surface area contributed by atoms with E-state index in [1.54, 1.807) is 6.08 Å². The minimum atomic E-state index is -0.539. The van der Waals surface area contributed by atoms with E-state index in [2.05, 4.69) is 13.8 Å². The number of allylic oxidation sites excluding steroid dienone is 1. The van der Waals surface area contributed by atoms with Crippen LogP contribution < -0.4 is 0 Å². The number of esters is 1. The lowest BCUT2D eigenvalue weighted by Gasteiger charge is -2.61. The number of aliphatic hydroxyl groups excluding tert-OH is 2. The Morgan fingerprint density at radius 1 is 1.33 bits per heavy atom. The third kappa shape index (κ3) is 3.17. The summed E-state index contributed by atoms with van der Waals surface area (Å²) in [5.74, 6) is -0.189. The molecule has 0 aromatic rings. The molecule has 3 aliphatic rings. The van der Waals surface area contributed by atoms with E-state index in [-0.39, 0.29) is 53.6 Å². The van der Waals surface area contributed by atoms with Crippen molar-refractivity contribution in [3.8, 4) is 0 Å². The van der Waals surface area contributed by atoms with Gasteiger partial charge >= 0.3 is 5.97 Å². The summed E-state index contributed by atoms with van der Waals surface area (Å²) < 4.78 is 5.74. The van der Waals surface area contributed by atoms with E-state index in [0.29, 0.717) is 19.3 Å². The van der Waals surface area contributed by atoms with Crippen LogP contribution in [0, 0.1) is 34.5 Å². The smallest absolute Gasteiger partial charge is 0.302 e. The van der Waals surface area contributed by atoms with Crippen molar-refractivity contribution in [2.45, 2.75) is 72.5 Å². The Morgan fingerprint density at radius 3 is 2.56 bits per heavy atom. The van der Waals surface area contributed by atoms with Crippen LogP contribution in [0.5, 0.6) is 0 Å². The zero-order chi connectivity index (χ0) is 20.1. The number of hydrogen-bond donors (Lipinski definition) is 2. The second-order valence-electron chi connectivity index (χ2n) is 9.78. The van der Waals surface area contributed by atoms with Crippen molar-refractivity contribution >= 4 is 11.8 Å². The van der Waals surface area contributed by atoms with Gasteiger partial charge in [0, 0.05) is 30.8 Å². The second kappa shape index (κ2) is 7.00. The van der Waals surface area contributed by atoms with Gasteiger partial charge in [0.25, 0.3) is 0 Å². The van der Waals surface area contributed by atoms with Crippen molar-refractivity contribution in [3.05, 3.63) is 11.6 Å². The molecule has 27 heavy (non-hydrogen) atoms. The average molecular weight is 379 g/mol. The molecule has 0 aromatic heterocycles. The molecule has 5 nitrogen and oxygen atoms in total. The molecule has 0 amide bonds. The normalized spacial score (nSPS) is 44.4. The zero-order valence-corrected chi connectivity index (χ0v) is 17.2. The standard InChI is InChI=1S/C22H34O5/c1-12(2)14-8-15-16(9-17(14)25)22(5)19(10-18(15)26)21(4,11-23)7-6-20(22)27-13(3)24/h9,12,14-15,18-20,23,26H,6-8,10-11H2,1-5H3/t14-,15-,18-,19-,20?,21-,22+/m0/s1. The van der Waals surface area contributed by atoms with Crippen LogP contribution in [0.3, 0.4) is 0 Å². The summed E-state index contributed by atoms with van der Waals surface area (Å²) in [6, 6.07) is 0. The summed E-state index contributed by atoms with van der Waals surface area (Å²) in [6.45, 7) is 9.66. The van der Waals surface area contributed by atoms with Gasteiger partial charge in [0.05, 0.1) is 6.10 Å². The Balaban J connectivity index is 2.11. The first-order valence-electron chi connectivity index (χ1n) is 10.3. The molecule has 1 unspecified atom stereocenters. The predicted octanol–water partition coefficient (Wildman–Crippen LogP) is 2.89. The molecule has 0 bridgehead atoms. The van der Waals surface area contributed by atoms with E-state index in [0.717, 1.165) is 12.0 Å². The number of fused-ring (bicyclic) bond motifs is 3. The van der Waals surface area contributed by atoms with E-state index in [1.807, 2.05) is 13.8 Å². The number of rotatable bonds is 3. The van der Waals surface area contributed by atoms with Gasteiger partial charge in [-0.2, -0.15) is 0 Å². The molecule has 5 heteroatoms. The highest BCUT2D eigenvalue weighted by atomic mass is 16.5. The third-order valence-corrected chi connectivity index (χ3v) is 7.82. The molecule has 7 atom stereocenters. The van der Waals surface area contributed by atoms with Crippen LogP contribution in [0.2, 0.25) is 0 Å². The molecule has 0 heterocycles. The Bertz CT molecular complexity index is 653. The van der Waals surface area contributed by atoms with Gasteiger partial charge in [0.1, 0.15) is 6.10 Å². The zero-order valence-electron chi connectivity index (χ0n) is 17.2. The van der Waals surface area contributed by atoms with Crippen LogP contribution in [0.25, 0.3) is 0 Å². The molecular weight excluding hydrogens is 344 g/mol. The van der Waals surface area contributed by atoms with Gasteiger partial charge in [-0.3, -0.25) is 9.59 Å². The van der Waals surface area contributed by atoms with Crippen molar-refractivity contribution in [1.29, 1.82) is 0 Å². The fourth-order valence-electron chi connectivity index (χ4n) is 6.18. The molecule has 2 N–H and O–H groups in total. The lowest BCUT2D eigenvalue weighted by Crippen LogP contribution is -2.61. The van der Waals surface area contributed by atoms with Crippen LogP contribution in [-0.2, 0) is 14.3 Å². The van der Waals surface area contributed by atoms with Gasteiger partial charge in [-0.1, -0.05) is 33.3 Å².